The minimum absolute atomic E-state index is 0.400. The molecule has 0 amide bonds. The molecule has 2 atom stereocenters. The Morgan fingerprint density at radius 1 is 0.586 bits per heavy atom. The number of ether oxygens (including phenoxy) is 3. The van der Waals surface area contributed by atoms with E-state index in [-0.39, 0.29) is 0 Å². The number of benzene rings is 1. The molecule has 0 saturated heterocycles. The largest absolute Gasteiger partial charge is 0.376 e. The van der Waals surface area contributed by atoms with Crippen molar-refractivity contribution in [2.75, 3.05) is 13.2 Å². The summed E-state index contributed by atoms with van der Waals surface area (Å²) in [6.07, 6.45) is 21.7. The smallest absolute Gasteiger partial charge is 0.0720 e. The van der Waals surface area contributed by atoms with E-state index >= 15 is 0 Å². The van der Waals surface area contributed by atoms with Crippen LogP contribution in [0.25, 0.3) is 0 Å². The van der Waals surface area contributed by atoms with Crippen molar-refractivity contribution in [1.82, 2.24) is 0 Å². The molecule has 1 aromatic carbocycles. The van der Waals surface area contributed by atoms with Crippen molar-refractivity contribution in [1.29, 1.82) is 0 Å². The molecule has 0 aliphatic heterocycles. The molecule has 0 fully saturated rings. The Morgan fingerprint density at radius 2 is 1.14 bits per heavy atom. The molecular formula is C26H38O3. The van der Waals surface area contributed by atoms with Gasteiger partial charge in [-0.2, -0.15) is 0 Å². The molecule has 2 aliphatic carbocycles. The molecule has 0 radical (unpaired) electrons. The summed E-state index contributed by atoms with van der Waals surface area (Å²) in [6.45, 7) is 2.71. The highest BCUT2D eigenvalue weighted by Gasteiger charge is 2.11. The fourth-order valence-electron chi connectivity index (χ4n) is 3.99. The van der Waals surface area contributed by atoms with Gasteiger partial charge < -0.3 is 14.2 Å². The molecule has 2 aliphatic rings. The van der Waals surface area contributed by atoms with Crippen molar-refractivity contribution >= 4 is 0 Å². The fourth-order valence-corrected chi connectivity index (χ4v) is 3.99. The molecule has 29 heavy (non-hydrogen) atoms. The van der Waals surface area contributed by atoms with E-state index in [1.807, 2.05) is 0 Å². The van der Waals surface area contributed by atoms with Crippen molar-refractivity contribution in [3.63, 3.8) is 0 Å². The minimum Gasteiger partial charge on any atom is -0.376 e. The van der Waals surface area contributed by atoms with Crippen LogP contribution in [0.3, 0.4) is 0 Å². The predicted molar refractivity (Wildman–Crippen MR) is 119 cm³/mol. The van der Waals surface area contributed by atoms with Crippen LogP contribution in [0, 0.1) is 0 Å². The molecule has 0 aromatic heterocycles. The van der Waals surface area contributed by atoms with Gasteiger partial charge in [0.1, 0.15) is 0 Å². The van der Waals surface area contributed by atoms with E-state index in [9.17, 15) is 0 Å². The van der Waals surface area contributed by atoms with Crippen LogP contribution in [-0.4, -0.2) is 25.4 Å². The minimum atomic E-state index is 0.400. The third-order valence-electron chi connectivity index (χ3n) is 5.80. The monoisotopic (exact) mass is 398 g/mol. The fraction of sp³-hybridized carbons (Fsp3) is 0.615. The van der Waals surface area contributed by atoms with Gasteiger partial charge in [0.15, 0.2) is 0 Å². The zero-order valence-corrected chi connectivity index (χ0v) is 17.9. The van der Waals surface area contributed by atoms with E-state index in [4.69, 9.17) is 14.2 Å². The van der Waals surface area contributed by atoms with Gasteiger partial charge in [-0.1, -0.05) is 48.6 Å². The van der Waals surface area contributed by atoms with Gasteiger partial charge in [-0.25, -0.2) is 0 Å². The summed E-state index contributed by atoms with van der Waals surface area (Å²) < 4.78 is 18.0. The van der Waals surface area contributed by atoms with Crippen LogP contribution in [0.2, 0.25) is 0 Å². The number of allylic oxidation sites excluding steroid dienone is 4. The first-order valence-corrected chi connectivity index (χ1v) is 11.6. The van der Waals surface area contributed by atoms with E-state index in [0.29, 0.717) is 38.6 Å². The van der Waals surface area contributed by atoms with Gasteiger partial charge in [0.2, 0.25) is 0 Å². The van der Waals surface area contributed by atoms with E-state index < -0.39 is 0 Å². The summed E-state index contributed by atoms with van der Waals surface area (Å²) in [6, 6.07) is 8.64. The van der Waals surface area contributed by atoms with Crippen LogP contribution >= 0.6 is 0 Å². The number of rotatable bonds is 9. The van der Waals surface area contributed by atoms with E-state index in [2.05, 4.69) is 48.6 Å². The van der Waals surface area contributed by atoms with E-state index in [0.717, 1.165) is 25.7 Å². The maximum absolute atomic E-state index is 6.15. The Hall–Kier alpha value is -1.42. The summed E-state index contributed by atoms with van der Waals surface area (Å²) in [7, 11) is 0. The van der Waals surface area contributed by atoms with Gasteiger partial charge in [-0.3, -0.25) is 0 Å². The molecule has 0 N–H and O–H groups in total. The molecular weight excluding hydrogens is 360 g/mol. The molecule has 160 valence electrons. The molecule has 0 bridgehead atoms. The van der Waals surface area contributed by atoms with Gasteiger partial charge in [-0.05, 0) is 75.3 Å². The number of hydrogen-bond acceptors (Lipinski definition) is 3. The topological polar surface area (TPSA) is 27.7 Å². The lowest BCUT2D eigenvalue weighted by Crippen LogP contribution is -2.17. The van der Waals surface area contributed by atoms with Crippen LogP contribution in [0.1, 0.15) is 75.3 Å². The summed E-state index contributed by atoms with van der Waals surface area (Å²) in [5.74, 6) is 0. The lowest BCUT2D eigenvalue weighted by Gasteiger charge is -2.19. The van der Waals surface area contributed by atoms with Crippen molar-refractivity contribution in [3.8, 4) is 0 Å². The lowest BCUT2D eigenvalue weighted by atomic mass is 10.0. The third kappa shape index (κ3) is 9.29. The van der Waals surface area contributed by atoms with Gasteiger partial charge in [-0.15, -0.1) is 0 Å². The summed E-state index contributed by atoms with van der Waals surface area (Å²) >= 11 is 0. The molecule has 3 heteroatoms. The first-order chi connectivity index (χ1) is 14.4. The van der Waals surface area contributed by atoms with Crippen LogP contribution in [0.4, 0.5) is 0 Å². The van der Waals surface area contributed by atoms with Crippen LogP contribution in [-0.2, 0) is 27.4 Å². The van der Waals surface area contributed by atoms with Crippen molar-refractivity contribution in [2.24, 2.45) is 0 Å². The Labute approximate surface area is 177 Å². The van der Waals surface area contributed by atoms with Crippen molar-refractivity contribution in [2.45, 2.75) is 89.6 Å². The highest BCUT2D eigenvalue weighted by molar-refractivity contribution is 5.21. The Kier molecular flexibility index (Phi) is 10.6. The maximum Gasteiger partial charge on any atom is 0.0720 e. The quantitative estimate of drug-likeness (QED) is 0.350. The van der Waals surface area contributed by atoms with Crippen molar-refractivity contribution in [3.05, 3.63) is 59.7 Å². The second-order valence-corrected chi connectivity index (χ2v) is 8.25. The summed E-state index contributed by atoms with van der Waals surface area (Å²) in [4.78, 5) is 0. The highest BCUT2D eigenvalue weighted by Crippen LogP contribution is 2.18. The summed E-state index contributed by atoms with van der Waals surface area (Å²) in [5.41, 5.74) is 2.45. The van der Waals surface area contributed by atoms with Gasteiger partial charge in [0.05, 0.1) is 38.6 Å². The van der Waals surface area contributed by atoms with Gasteiger partial charge in [0.25, 0.3) is 0 Å². The average molecular weight is 399 g/mol. The normalized spacial score (nSPS) is 24.3. The predicted octanol–water partition coefficient (Wildman–Crippen LogP) is 6.51. The lowest BCUT2D eigenvalue weighted by molar-refractivity contribution is -0.00671. The first kappa shape index (κ1) is 22.3. The Morgan fingerprint density at radius 3 is 1.79 bits per heavy atom. The molecule has 3 nitrogen and oxygen atoms in total. The zero-order chi connectivity index (χ0) is 20.0. The molecule has 0 spiro atoms. The van der Waals surface area contributed by atoms with Crippen LogP contribution < -0.4 is 0 Å². The average Bonchev–Trinajstić information content (AvgIpc) is 2.69. The highest BCUT2D eigenvalue weighted by atomic mass is 16.5. The standard InChI is InChI=1S/C26H38O3/c1-3-7-11-25(12-8-4-1)28-20-19-27-21-23-15-17-24(18-16-23)22-29-26-13-9-5-2-6-10-14-26/h1-3,5,15-18,25-26H,4,6-14,19-22H2/b3-1?,5-2-. The van der Waals surface area contributed by atoms with Crippen molar-refractivity contribution < 1.29 is 14.2 Å². The SMILES string of the molecule is C1=CCCC(OCCOCc2ccc(COC3CC/C=C\CCC3)cc2)CCC1. The Bertz CT molecular complexity index is 605. The third-order valence-corrected chi connectivity index (χ3v) is 5.80. The van der Waals surface area contributed by atoms with E-state index in [1.165, 1.54) is 49.7 Å². The van der Waals surface area contributed by atoms with Crippen LogP contribution in [0.15, 0.2) is 48.6 Å². The molecule has 0 heterocycles. The second-order valence-electron chi connectivity index (χ2n) is 8.25. The van der Waals surface area contributed by atoms with E-state index in [1.54, 1.807) is 0 Å². The summed E-state index contributed by atoms with van der Waals surface area (Å²) in [5, 5.41) is 0. The van der Waals surface area contributed by atoms with Crippen LogP contribution in [0.5, 0.6) is 0 Å². The Balaban J connectivity index is 1.28. The maximum atomic E-state index is 6.15. The number of hydrogen-bond donors (Lipinski definition) is 0. The first-order valence-electron chi connectivity index (χ1n) is 11.6. The molecule has 0 saturated carbocycles. The van der Waals surface area contributed by atoms with Gasteiger partial charge in [0, 0.05) is 0 Å². The van der Waals surface area contributed by atoms with Gasteiger partial charge >= 0.3 is 0 Å². The molecule has 3 rings (SSSR count). The molecule has 1 aromatic rings. The molecule has 2 unspecified atom stereocenters. The second kappa shape index (κ2) is 13.7. The zero-order valence-electron chi connectivity index (χ0n) is 17.9.